The van der Waals surface area contributed by atoms with Gasteiger partial charge in [-0.3, -0.25) is 9.59 Å². The third-order valence-corrected chi connectivity index (χ3v) is 9.74. The minimum Gasteiger partial charge on any atom is -0.493 e. The number of carbonyl (C=O) groups excluding carboxylic acids is 2. The van der Waals surface area contributed by atoms with Crippen molar-refractivity contribution in [2.75, 3.05) is 40.5 Å². The Morgan fingerprint density at radius 3 is 1.24 bits per heavy atom. The molecule has 0 N–H and O–H groups in total. The lowest BCUT2D eigenvalue weighted by atomic mass is 10.1. The van der Waals surface area contributed by atoms with Crippen LogP contribution in [0.3, 0.4) is 0 Å². The summed E-state index contributed by atoms with van der Waals surface area (Å²) in [6.07, 6.45) is 46.2. The van der Waals surface area contributed by atoms with Gasteiger partial charge in [-0.05, 0) is 109 Å². The average Bonchev–Trinajstić information content (AvgIpc) is 3.20. The van der Waals surface area contributed by atoms with E-state index in [9.17, 15) is 9.59 Å². The van der Waals surface area contributed by atoms with E-state index in [1.165, 1.54) is 77.0 Å². The fourth-order valence-electron chi connectivity index (χ4n) is 6.43. The molecular weight excluding hydrogens is 723 g/mol. The van der Waals surface area contributed by atoms with E-state index in [1.807, 2.05) is 32.3 Å². The first kappa shape index (κ1) is 52.7. The summed E-state index contributed by atoms with van der Waals surface area (Å²) in [5.41, 5.74) is 1.09. The number of ether oxygens (including phenoxy) is 4. The quantitative estimate of drug-likeness (QED) is 0.0371. The molecule has 0 heterocycles. The minimum atomic E-state index is -0.124. The summed E-state index contributed by atoms with van der Waals surface area (Å²) in [5.74, 6) is 1.22. The number of nitrogens with zero attached hydrogens (tertiary/aromatic N) is 1. The van der Waals surface area contributed by atoms with Gasteiger partial charge in [0.2, 0.25) is 0 Å². The number of benzene rings is 1. The zero-order valence-electron chi connectivity index (χ0n) is 37.7. The lowest BCUT2D eigenvalue weighted by Gasteiger charge is -2.15. The molecule has 0 saturated heterocycles. The lowest BCUT2D eigenvalue weighted by Crippen LogP contribution is -2.12. The molecule has 0 aliphatic heterocycles. The van der Waals surface area contributed by atoms with Crippen LogP contribution in [0.1, 0.15) is 186 Å². The predicted octanol–water partition coefficient (Wildman–Crippen LogP) is 14.0. The third-order valence-electron chi connectivity index (χ3n) is 9.74. The smallest absolute Gasteiger partial charge is 0.305 e. The maximum absolute atomic E-state index is 12.2. The van der Waals surface area contributed by atoms with E-state index in [1.54, 1.807) is 0 Å². The van der Waals surface area contributed by atoms with Gasteiger partial charge in [0.05, 0.1) is 26.4 Å². The van der Waals surface area contributed by atoms with Crippen LogP contribution in [-0.4, -0.2) is 57.4 Å². The van der Waals surface area contributed by atoms with Gasteiger partial charge in [-0.15, -0.1) is 0 Å². The van der Waals surface area contributed by atoms with Gasteiger partial charge in [0.25, 0.3) is 0 Å². The molecule has 0 unspecified atom stereocenters. The minimum absolute atomic E-state index is 0.124. The van der Waals surface area contributed by atoms with Crippen LogP contribution in [0.2, 0.25) is 0 Å². The summed E-state index contributed by atoms with van der Waals surface area (Å²) < 4.78 is 23.0. The van der Waals surface area contributed by atoms with Crippen molar-refractivity contribution in [3.05, 3.63) is 72.4 Å². The number of hydrogen-bond donors (Lipinski definition) is 0. The molecule has 0 bridgehead atoms. The van der Waals surface area contributed by atoms with Crippen molar-refractivity contribution < 1.29 is 28.5 Å². The molecule has 0 aliphatic rings. The molecule has 0 aliphatic carbocycles. The number of rotatable bonds is 40. The predicted molar refractivity (Wildman–Crippen MR) is 245 cm³/mol. The zero-order valence-corrected chi connectivity index (χ0v) is 37.7. The topological polar surface area (TPSA) is 74.3 Å². The van der Waals surface area contributed by atoms with E-state index in [2.05, 4.69) is 67.4 Å². The van der Waals surface area contributed by atoms with E-state index in [4.69, 9.17) is 18.9 Å². The molecule has 0 saturated carbocycles. The molecule has 7 heteroatoms. The zero-order chi connectivity index (χ0) is 42.0. The van der Waals surface area contributed by atoms with Crippen LogP contribution in [-0.2, 0) is 25.6 Å². The van der Waals surface area contributed by atoms with E-state index in [-0.39, 0.29) is 11.9 Å². The van der Waals surface area contributed by atoms with Crippen LogP contribution in [0.15, 0.2) is 66.8 Å². The summed E-state index contributed by atoms with van der Waals surface area (Å²) in [7, 11) is 4.06. The number of carbonyl (C=O) groups is 2. The standard InChI is InChI=1S/C51H85NO6/c1-5-7-9-11-13-15-17-19-21-23-25-27-29-31-33-37-50(53)57-41-35-39-55-48-43-47(46-52(3)4)44-49(45-48)56-40-36-42-58-51(54)38-34-32-30-28-26-24-22-20-18-16-14-12-10-8-6-2/h13-16,19-22,43-45H,5-12,17-18,23-42,46H2,1-4H3/b15-13-,16-14-,21-19-,22-20-. The summed E-state index contributed by atoms with van der Waals surface area (Å²) in [4.78, 5) is 26.5. The molecule has 58 heavy (non-hydrogen) atoms. The Hall–Kier alpha value is -3.32. The Morgan fingerprint density at radius 1 is 0.466 bits per heavy atom. The Bertz CT molecular complexity index is 1150. The molecule has 0 amide bonds. The van der Waals surface area contributed by atoms with Gasteiger partial charge in [0.15, 0.2) is 0 Å². The Balaban J connectivity index is 2.13. The van der Waals surface area contributed by atoms with Crippen LogP contribution < -0.4 is 9.47 Å². The van der Waals surface area contributed by atoms with Crippen LogP contribution in [0.25, 0.3) is 0 Å². The Morgan fingerprint density at radius 2 is 0.845 bits per heavy atom. The molecule has 1 aromatic carbocycles. The van der Waals surface area contributed by atoms with Crippen molar-refractivity contribution >= 4 is 11.9 Å². The van der Waals surface area contributed by atoms with Gasteiger partial charge in [0.1, 0.15) is 11.5 Å². The highest BCUT2D eigenvalue weighted by molar-refractivity contribution is 5.69. The Kier molecular flexibility index (Phi) is 36.8. The maximum Gasteiger partial charge on any atom is 0.305 e. The SMILES string of the molecule is CCCCC/C=C\C/C=C\CCCCCCCC(=O)OCCCOc1cc(CN(C)C)cc(OCCCOC(=O)CCCCCCC/C=C\C/C=C\CCCCC)c1. The first-order valence-electron chi connectivity index (χ1n) is 23.4. The fraction of sp³-hybridized carbons (Fsp3) is 0.686. The second kappa shape index (κ2) is 40.5. The second-order valence-corrected chi connectivity index (χ2v) is 15.9. The van der Waals surface area contributed by atoms with E-state index in [0.29, 0.717) is 52.1 Å². The van der Waals surface area contributed by atoms with E-state index < -0.39 is 0 Å². The van der Waals surface area contributed by atoms with Crippen molar-refractivity contribution in [1.29, 1.82) is 0 Å². The van der Waals surface area contributed by atoms with Gasteiger partial charge in [0, 0.05) is 38.3 Å². The molecule has 330 valence electrons. The highest BCUT2D eigenvalue weighted by atomic mass is 16.5. The Labute approximate surface area is 356 Å². The van der Waals surface area contributed by atoms with Crippen LogP contribution in [0.5, 0.6) is 11.5 Å². The molecule has 0 spiro atoms. The van der Waals surface area contributed by atoms with Gasteiger partial charge >= 0.3 is 11.9 Å². The van der Waals surface area contributed by atoms with Gasteiger partial charge in [-0.25, -0.2) is 0 Å². The van der Waals surface area contributed by atoms with Crippen molar-refractivity contribution in [2.24, 2.45) is 0 Å². The molecule has 1 rings (SSSR count). The van der Waals surface area contributed by atoms with Gasteiger partial charge in [-0.2, -0.15) is 0 Å². The van der Waals surface area contributed by atoms with Crippen LogP contribution in [0, 0.1) is 0 Å². The average molecular weight is 808 g/mol. The summed E-state index contributed by atoms with van der Waals surface area (Å²) in [6, 6.07) is 5.95. The molecule has 1 aromatic rings. The van der Waals surface area contributed by atoms with Crippen molar-refractivity contribution in [1.82, 2.24) is 4.90 Å². The van der Waals surface area contributed by atoms with Crippen LogP contribution >= 0.6 is 0 Å². The highest BCUT2D eigenvalue weighted by Crippen LogP contribution is 2.24. The highest BCUT2D eigenvalue weighted by Gasteiger charge is 2.08. The molecule has 0 aromatic heterocycles. The molecule has 0 fully saturated rings. The third kappa shape index (κ3) is 35.8. The second-order valence-electron chi connectivity index (χ2n) is 15.9. The monoisotopic (exact) mass is 808 g/mol. The number of allylic oxidation sites excluding steroid dienone is 8. The largest absolute Gasteiger partial charge is 0.493 e. The first-order valence-corrected chi connectivity index (χ1v) is 23.4. The van der Waals surface area contributed by atoms with Crippen molar-refractivity contribution in [2.45, 2.75) is 187 Å². The van der Waals surface area contributed by atoms with E-state index in [0.717, 1.165) is 87.8 Å². The number of esters is 2. The summed E-state index contributed by atoms with van der Waals surface area (Å²) in [6.45, 7) is 6.85. The summed E-state index contributed by atoms with van der Waals surface area (Å²) >= 11 is 0. The number of unbranched alkanes of at least 4 members (excludes halogenated alkanes) is 16. The van der Waals surface area contributed by atoms with E-state index >= 15 is 0 Å². The van der Waals surface area contributed by atoms with Crippen LogP contribution in [0.4, 0.5) is 0 Å². The van der Waals surface area contributed by atoms with Crippen molar-refractivity contribution in [3.63, 3.8) is 0 Å². The molecule has 0 atom stereocenters. The fourth-order valence-corrected chi connectivity index (χ4v) is 6.43. The lowest BCUT2D eigenvalue weighted by molar-refractivity contribution is -0.144. The van der Waals surface area contributed by atoms with Gasteiger partial charge < -0.3 is 23.8 Å². The van der Waals surface area contributed by atoms with Gasteiger partial charge in [-0.1, -0.05) is 127 Å². The molecule has 0 radical (unpaired) electrons. The van der Waals surface area contributed by atoms with Crippen molar-refractivity contribution in [3.8, 4) is 11.5 Å². The first-order chi connectivity index (χ1) is 28.4. The maximum atomic E-state index is 12.2. The normalized spacial score (nSPS) is 11.9. The summed E-state index contributed by atoms with van der Waals surface area (Å²) in [5, 5.41) is 0. The molecular formula is C51H85NO6. The number of hydrogen-bond acceptors (Lipinski definition) is 7. The molecule has 7 nitrogen and oxygen atoms in total.